The van der Waals surface area contributed by atoms with Gasteiger partial charge < -0.3 is 14.8 Å². The Labute approximate surface area is 140 Å². The molecule has 1 rings (SSSR count). The van der Waals surface area contributed by atoms with Crippen LogP contribution in [0.15, 0.2) is 29.2 Å². The van der Waals surface area contributed by atoms with Crippen LogP contribution < -0.4 is 20.9 Å². The zero-order valence-corrected chi connectivity index (χ0v) is 14.5. The van der Waals surface area contributed by atoms with E-state index in [-0.39, 0.29) is 17.7 Å². The number of carbonyl (C=O) groups is 1. The number of thioether (sulfide) groups is 1. The topological polar surface area (TPSA) is 71.6 Å². The van der Waals surface area contributed by atoms with Crippen LogP contribution in [-0.2, 0) is 9.53 Å². The fourth-order valence-electron chi connectivity index (χ4n) is 1.53. The highest BCUT2D eigenvalue weighted by molar-refractivity contribution is 8.00. The van der Waals surface area contributed by atoms with Crippen LogP contribution in [0.5, 0.6) is 5.75 Å². The summed E-state index contributed by atoms with van der Waals surface area (Å²) in [5.74, 6) is 0.914. The van der Waals surface area contributed by atoms with Gasteiger partial charge in [0.05, 0.1) is 19.5 Å². The number of rotatable bonds is 7. The summed E-state index contributed by atoms with van der Waals surface area (Å²) in [6.07, 6.45) is 0. The second-order valence-corrected chi connectivity index (χ2v) is 5.92. The maximum absolute atomic E-state index is 11.7. The molecule has 0 radical (unpaired) electrons. The Bertz CT molecular complexity index is 483. The number of nitrogens with one attached hydrogen (secondary N) is 3. The molecule has 122 valence electrons. The van der Waals surface area contributed by atoms with Gasteiger partial charge in [0.25, 0.3) is 0 Å². The smallest absolute Gasteiger partial charge is 0.248 e. The van der Waals surface area contributed by atoms with Gasteiger partial charge in [0.15, 0.2) is 5.11 Å². The van der Waals surface area contributed by atoms with Crippen molar-refractivity contribution >= 4 is 35.0 Å². The van der Waals surface area contributed by atoms with Gasteiger partial charge in [-0.3, -0.25) is 15.6 Å². The lowest BCUT2D eigenvalue weighted by atomic mass is 10.3. The lowest BCUT2D eigenvalue weighted by molar-refractivity contribution is -0.119. The first-order valence-corrected chi connectivity index (χ1v) is 8.05. The minimum Gasteiger partial charge on any atom is -0.497 e. The van der Waals surface area contributed by atoms with E-state index in [1.54, 1.807) is 14.2 Å². The molecule has 0 spiro atoms. The first-order chi connectivity index (χ1) is 10.5. The average molecular weight is 343 g/mol. The lowest BCUT2D eigenvalue weighted by Gasteiger charge is -2.16. The number of hydrogen-bond acceptors (Lipinski definition) is 5. The summed E-state index contributed by atoms with van der Waals surface area (Å²) >= 11 is 6.49. The van der Waals surface area contributed by atoms with Gasteiger partial charge in [-0.25, -0.2) is 0 Å². The van der Waals surface area contributed by atoms with Crippen LogP contribution in [0, 0.1) is 0 Å². The quantitative estimate of drug-likeness (QED) is 0.392. The van der Waals surface area contributed by atoms with Gasteiger partial charge in [0, 0.05) is 18.0 Å². The Balaban J connectivity index is 2.23. The zero-order chi connectivity index (χ0) is 16.4. The molecule has 0 aliphatic heterocycles. The third-order valence-electron chi connectivity index (χ3n) is 2.54. The number of thiocarbonyl (C=S) groups is 1. The van der Waals surface area contributed by atoms with E-state index in [9.17, 15) is 4.79 Å². The predicted molar refractivity (Wildman–Crippen MR) is 92.1 cm³/mol. The third kappa shape index (κ3) is 7.48. The van der Waals surface area contributed by atoms with Crippen LogP contribution in [0.3, 0.4) is 0 Å². The zero-order valence-electron chi connectivity index (χ0n) is 12.8. The largest absolute Gasteiger partial charge is 0.497 e. The van der Waals surface area contributed by atoms with Crippen molar-refractivity contribution in [1.29, 1.82) is 0 Å². The van der Waals surface area contributed by atoms with E-state index < -0.39 is 0 Å². The van der Waals surface area contributed by atoms with E-state index in [1.807, 2.05) is 31.2 Å². The van der Waals surface area contributed by atoms with Gasteiger partial charge in [-0.05, 0) is 43.4 Å². The number of hydrogen-bond donors (Lipinski definition) is 3. The second kappa shape index (κ2) is 10.3. The van der Waals surface area contributed by atoms with Crippen molar-refractivity contribution in [2.75, 3.05) is 26.6 Å². The summed E-state index contributed by atoms with van der Waals surface area (Å²) < 4.78 is 10.1. The summed E-state index contributed by atoms with van der Waals surface area (Å²) in [6, 6.07) is 7.59. The Hall–Kier alpha value is -1.51. The van der Waals surface area contributed by atoms with E-state index in [2.05, 4.69) is 16.2 Å². The Morgan fingerprint density at radius 3 is 2.55 bits per heavy atom. The highest BCUT2D eigenvalue weighted by Gasteiger charge is 2.06. The molecule has 0 saturated carbocycles. The van der Waals surface area contributed by atoms with Crippen LogP contribution >= 0.6 is 24.0 Å². The molecular formula is C14H21N3O3S2. The molecule has 0 unspecified atom stereocenters. The SMILES string of the molecule is COC[C@H](C)NC(=S)NNC(=O)CSc1ccc(OC)cc1. The van der Waals surface area contributed by atoms with Crippen LogP contribution in [0.2, 0.25) is 0 Å². The molecule has 0 fully saturated rings. The van der Waals surface area contributed by atoms with Crippen LogP contribution in [0.1, 0.15) is 6.92 Å². The number of carbonyl (C=O) groups excluding carboxylic acids is 1. The summed E-state index contributed by atoms with van der Waals surface area (Å²) in [4.78, 5) is 12.7. The van der Waals surface area contributed by atoms with E-state index in [1.165, 1.54) is 11.8 Å². The minimum atomic E-state index is -0.163. The number of ether oxygens (including phenoxy) is 2. The maximum Gasteiger partial charge on any atom is 0.248 e. The molecular weight excluding hydrogens is 322 g/mol. The fourth-order valence-corrected chi connectivity index (χ4v) is 2.49. The van der Waals surface area contributed by atoms with Crippen molar-refractivity contribution in [3.63, 3.8) is 0 Å². The number of methoxy groups -OCH3 is 2. The van der Waals surface area contributed by atoms with Gasteiger partial charge in [0.2, 0.25) is 5.91 Å². The molecule has 1 aromatic carbocycles. The van der Waals surface area contributed by atoms with Gasteiger partial charge in [-0.1, -0.05) is 0 Å². The van der Waals surface area contributed by atoms with Crippen molar-refractivity contribution in [1.82, 2.24) is 16.2 Å². The molecule has 0 saturated heterocycles. The predicted octanol–water partition coefficient (Wildman–Crippen LogP) is 1.32. The molecule has 1 atom stereocenters. The van der Waals surface area contributed by atoms with E-state index in [4.69, 9.17) is 21.7 Å². The van der Waals surface area contributed by atoms with Gasteiger partial charge in [0.1, 0.15) is 5.75 Å². The standard InChI is InChI=1S/C14H21N3O3S2/c1-10(8-19-2)15-14(21)17-16-13(18)9-22-12-6-4-11(20-3)5-7-12/h4-7,10H,8-9H2,1-3H3,(H,16,18)(H2,15,17,21)/t10-/m0/s1. The van der Waals surface area contributed by atoms with Gasteiger partial charge in [-0.15, -0.1) is 11.8 Å². The lowest BCUT2D eigenvalue weighted by Crippen LogP contribution is -2.50. The van der Waals surface area contributed by atoms with Gasteiger partial charge >= 0.3 is 0 Å². The fraction of sp³-hybridized carbons (Fsp3) is 0.429. The molecule has 22 heavy (non-hydrogen) atoms. The van der Waals surface area contributed by atoms with Crippen molar-refractivity contribution in [3.05, 3.63) is 24.3 Å². The molecule has 0 heterocycles. The number of hydrazine groups is 1. The van der Waals surface area contributed by atoms with E-state index >= 15 is 0 Å². The van der Waals surface area contributed by atoms with Crippen LogP contribution in [-0.4, -0.2) is 43.6 Å². The molecule has 1 amide bonds. The molecule has 0 aliphatic carbocycles. The number of benzene rings is 1. The highest BCUT2D eigenvalue weighted by Crippen LogP contribution is 2.20. The summed E-state index contributed by atoms with van der Waals surface area (Å²) in [6.45, 7) is 2.46. The molecule has 8 heteroatoms. The minimum absolute atomic E-state index is 0.0653. The summed E-state index contributed by atoms with van der Waals surface area (Å²) in [7, 11) is 3.23. The summed E-state index contributed by atoms with van der Waals surface area (Å²) in [5.41, 5.74) is 5.20. The normalized spacial score (nSPS) is 11.4. The van der Waals surface area contributed by atoms with Gasteiger partial charge in [-0.2, -0.15) is 0 Å². The Morgan fingerprint density at radius 2 is 1.95 bits per heavy atom. The van der Waals surface area contributed by atoms with Crippen molar-refractivity contribution in [2.24, 2.45) is 0 Å². The maximum atomic E-state index is 11.7. The van der Waals surface area contributed by atoms with E-state index in [0.29, 0.717) is 11.7 Å². The van der Waals surface area contributed by atoms with Crippen molar-refractivity contribution in [2.45, 2.75) is 17.9 Å². The Kier molecular flexibility index (Phi) is 8.64. The molecule has 0 bridgehead atoms. The Morgan fingerprint density at radius 1 is 1.27 bits per heavy atom. The summed E-state index contributed by atoms with van der Waals surface area (Å²) in [5, 5.41) is 3.34. The van der Waals surface area contributed by atoms with Crippen LogP contribution in [0.25, 0.3) is 0 Å². The number of amides is 1. The molecule has 0 aliphatic rings. The van der Waals surface area contributed by atoms with Crippen LogP contribution in [0.4, 0.5) is 0 Å². The average Bonchev–Trinajstić information content (AvgIpc) is 2.51. The molecule has 3 N–H and O–H groups in total. The first kappa shape index (κ1) is 18.5. The highest BCUT2D eigenvalue weighted by atomic mass is 32.2. The van der Waals surface area contributed by atoms with E-state index in [0.717, 1.165) is 10.6 Å². The second-order valence-electron chi connectivity index (χ2n) is 4.47. The third-order valence-corrected chi connectivity index (χ3v) is 3.77. The molecule has 1 aromatic rings. The van der Waals surface area contributed by atoms with Crippen molar-refractivity contribution < 1.29 is 14.3 Å². The molecule has 0 aromatic heterocycles. The monoisotopic (exact) mass is 343 g/mol. The van der Waals surface area contributed by atoms with Crippen molar-refractivity contribution in [3.8, 4) is 5.75 Å². The first-order valence-electron chi connectivity index (χ1n) is 6.66. The molecule has 6 nitrogen and oxygen atoms in total.